The third-order valence-electron chi connectivity index (χ3n) is 4.17. The smallest absolute Gasteiger partial charge is 0.436 e. The minimum absolute atomic E-state index is 0. The second-order valence-electron chi connectivity index (χ2n) is 6.13. The van der Waals surface area contributed by atoms with Crippen LogP contribution in [0.4, 0.5) is 43.9 Å². The molecule has 1 aromatic heterocycles. The van der Waals surface area contributed by atoms with E-state index in [2.05, 4.69) is 5.10 Å². The molecule has 3 rings (SSSR count). The van der Waals surface area contributed by atoms with Crippen LogP contribution in [-0.4, -0.2) is 20.7 Å². The van der Waals surface area contributed by atoms with Gasteiger partial charge in [-0.15, -0.1) is 0 Å². The van der Waals surface area contributed by atoms with E-state index in [0.717, 1.165) is 6.07 Å². The van der Waals surface area contributed by atoms with Crippen molar-refractivity contribution in [3.8, 4) is 17.6 Å². The Kier molecular flexibility index (Phi) is 7.06. The number of carbonyl (C=O) groups is 1. The van der Waals surface area contributed by atoms with Gasteiger partial charge in [-0.25, -0.2) is 30.7 Å². The van der Waals surface area contributed by atoms with Crippen molar-refractivity contribution < 1.29 is 70.9 Å². The summed E-state index contributed by atoms with van der Waals surface area (Å²) in [5.41, 5.74) is -9.46. The average Bonchev–Trinajstić information content (AvgIpc) is 3.07. The summed E-state index contributed by atoms with van der Waals surface area (Å²) in [6.45, 7) is 0. The molecule has 0 spiro atoms. The third-order valence-corrected chi connectivity index (χ3v) is 4.17. The van der Waals surface area contributed by atoms with E-state index >= 15 is 0 Å². The van der Waals surface area contributed by atoms with Gasteiger partial charge in [-0.05, 0) is 12.1 Å². The molecule has 0 aliphatic carbocycles. The molecule has 0 aliphatic heterocycles. The largest absolute Gasteiger partial charge is 0.493 e. The van der Waals surface area contributed by atoms with Crippen molar-refractivity contribution in [3.05, 3.63) is 75.2 Å². The first-order chi connectivity index (χ1) is 15.2. The van der Waals surface area contributed by atoms with Gasteiger partial charge in [0.1, 0.15) is 22.9 Å². The van der Waals surface area contributed by atoms with Gasteiger partial charge in [0.25, 0.3) is 0 Å². The van der Waals surface area contributed by atoms with Crippen molar-refractivity contribution in [2.75, 3.05) is 0 Å². The summed E-state index contributed by atoms with van der Waals surface area (Å²) in [6.07, 6.45) is -5.67. The summed E-state index contributed by atoms with van der Waals surface area (Å²) in [6, 6.07) is 0.693. The van der Waals surface area contributed by atoms with Gasteiger partial charge in [0.2, 0.25) is 11.7 Å². The molecule has 1 radical (unpaired) electrons. The first kappa shape index (κ1) is 26.7. The van der Waals surface area contributed by atoms with Crippen LogP contribution in [0, 0.1) is 52.1 Å². The third kappa shape index (κ3) is 4.08. The topological polar surface area (TPSA) is 78.9 Å². The summed E-state index contributed by atoms with van der Waals surface area (Å²) in [5.74, 6) is -19.8. The molecule has 0 amide bonds. The van der Waals surface area contributed by atoms with Gasteiger partial charge in [0.05, 0.1) is 0 Å². The number of halogens is 10. The van der Waals surface area contributed by atoms with Crippen LogP contribution in [0.1, 0.15) is 27.2 Å². The van der Waals surface area contributed by atoms with Crippen molar-refractivity contribution in [3.63, 3.8) is 0 Å². The van der Waals surface area contributed by atoms with Crippen molar-refractivity contribution >= 4 is 5.78 Å². The van der Waals surface area contributed by atoms with Crippen LogP contribution >= 0.6 is 0 Å². The van der Waals surface area contributed by atoms with Gasteiger partial charge in [-0.1, -0.05) is 0 Å². The number of ketones is 1. The standard InChI is InChI=1S/C18H3F10N3O2.Cu/c19-6-1-4(2-7(20)11(6)23)15(32)8-16(18(26,27)28)30-31(17(8)33)14-12(24)9(21)5(3-29)10(22)13(14)25;/h1-2,33H;. The predicted molar refractivity (Wildman–Crippen MR) is 84.5 cm³/mol. The fourth-order valence-electron chi connectivity index (χ4n) is 2.71. The molecule has 183 valence electrons. The van der Waals surface area contributed by atoms with E-state index in [4.69, 9.17) is 5.26 Å². The number of hydrogen-bond donors (Lipinski definition) is 1. The number of alkyl halides is 3. The zero-order chi connectivity index (χ0) is 25.0. The molecule has 1 N–H and O–H groups in total. The molecule has 1 heterocycles. The number of nitrogens with zero attached hydrogens (tertiary/aromatic N) is 3. The maximum atomic E-state index is 14.3. The molecular formula is C18H3CuF10N3O2. The van der Waals surface area contributed by atoms with Crippen LogP contribution in [-0.2, 0) is 23.2 Å². The summed E-state index contributed by atoms with van der Waals surface area (Å²) in [5, 5.41) is 21.2. The zero-order valence-electron chi connectivity index (χ0n) is 15.4. The molecule has 0 bridgehead atoms. The van der Waals surface area contributed by atoms with Crippen LogP contribution in [0.2, 0.25) is 0 Å². The Hall–Kier alpha value is -3.57. The summed E-state index contributed by atoms with van der Waals surface area (Å²) in [4.78, 5) is 12.5. The number of benzene rings is 2. The van der Waals surface area contributed by atoms with E-state index < -0.39 is 91.3 Å². The van der Waals surface area contributed by atoms with Crippen molar-refractivity contribution in [2.45, 2.75) is 6.18 Å². The quantitative estimate of drug-likeness (QED) is 0.170. The Morgan fingerprint density at radius 1 is 0.912 bits per heavy atom. The summed E-state index contributed by atoms with van der Waals surface area (Å²) in [7, 11) is 0. The Bertz CT molecular complexity index is 1330. The molecule has 2 aromatic carbocycles. The number of carbonyl (C=O) groups excluding carboxylic acids is 1. The molecule has 0 unspecified atom stereocenters. The minimum atomic E-state index is -5.67. The molecule has 0 atom stereocenters. The van der Waals surface area contributed by atoms with Crippen molar-refractivity contribution in [2.24, 2.45) is 0 Å². The molecule has 5 nitrogen and oxygen atoms in total. The van der Waals surface area contributed by atoms with Gasteiger partial charge in [-0.3, -0.25) is 4.79 Å². The first-order valence-electron chi connectivity index (χ1n) is 8.07. The molecule has 0 saturated carbocycles. The van der Waals surface area contributed by atoms with Gasteiger partial charge < -0.3 is 5.11 Å². The Balaban J connectivity index is 0.00000408. The van der Waals surface area contributed by atoms with Crippen LogP contribution < -0.4 is 0 Å². The maximum absolute atomic E-state index is 14.3. The minimum Gasteiger partial charge on any atom is -0.493 e. The van der Waals surface area contributed by atoms with Crippen molar-refractivity contribution in [1.82, 2.24) is 9.78 Å². The van der Waals surface area contributed by atoms with Crippen LogP contribution in [0.25, 0.3) is 5.69 Å². The number of aromatic hydroxyl groups is 1. The zero-order valence-corrected chi connectivity index (χ0v) is 16.4. The number of nitriles is 1. The Labute approximate surface area is 191 Å². The van der Waals surface area contributed by atoms with E-state index in [0.29, 0.717) is 0 Å². The molecular weight excluding hydrogens is 544 g/mol. The van der Waals surface area contributed by atoms with E-state index in [1.807, 2.05) is 0 Å². The van der Waals surface area contributed by atoms with Crippen LogP contribution in [0.5, 0.6) is 5.88 Å². The summed E-state index contributed by atoms with van der Waals surface area (Å²) >= 11 is 0. The fourth-order valence-corrected chi connectivity index (χ4v) is 2.71. The molecule has 16 heteroatoms. The molecule has 0 saturated heterocycles. The van der Waals surface area contributed by atoms with Gasteiger partial charge in [-0.2, -0.15) is 28.2 Å². The normalized spacial score (nSPS) is 11.2. The van der Waals surface area contributed by atoms with Crippen molar-refractivity contribution in [1.29, 1.82) is 5.26 Å². The Morgan fingerprint density at radius 2 is 1.38 bits per heavy atom. The van der Waals surface area contributed by atoms with Crippen LogP contribution in [0.15, 0.2) is 12.1 Å². The molecule has 34 heavy (non-hydrogen) atoms. The molecule has 0 aliphatic rings. The van der Waals surface area contributed by atoms with E-state index in [1.165, 1.54) is 0 Å². The molecule has 3 aromatic rings. The van der Waals surface area contributed by atoms with Gasteiger partial charge >= 0.3 is 6.18 Å². The van der Waals surface area contributed by atoms with E-state index in [9.17, 15) is 53.8 Å². The maximum Gasteiger partial charge on any atom is 0.436 e. The first-order valence-corrected chi connectivity index (χ1v) is 8.07. The number of hydrogen-bond acceptors (Lipinski definition) is 4. The summed E-state index contributed by atoms with van der Waals surface area (Å²) < 4.78 is 136. The van der Waals surface area contributed by atoms with Gasteiger partial charge in [0, 0.05) is 22.6 Å². The van der Waals surface area contributed by atoms with Gasteiger partial charge in [0.15, 0.2) is 46.4 Å². The monoisotopic (exact) mass is 546 g/mol. The van der Waals surface area contributed by atoms with E-state index in [1.54, 1.807) is 0 Å². The second kappa shape index (κ2) is 8.99. The number of rotatable bonds is 3. The Morgan fingerprint density at radius 3 is 1.79 bits per heavy atom. The molecule has 0 fully saturated rings. The van der Waals surface area contributed by atoms with E-state index in [-0.39, 0.29) is 29.2 Å². The SMILES string of the molecule is N#Cc1c(F)c(F)c(-n2nc(C(F)(F)F)c(C(=O)c3cc(F)c(F)c(F)c3)c2O)c(F)c1F.[Cu]. The number of aromatic nitrogens is 2. The average molecular weight is 547 g/mol. The predicted octanol–water partition coefficient (Wildman–Crippen LogP) is 4.67. The fraction of sp³-hybridized carbons (Fsp3) is 0.0556. The second-order valence-corrected chi connectivity index (χ2v) is 6.13. The van der Waals surface area contributed by atoms with Crippen LogP contribution in [0.3, 0.4) is 0 Å².